The Morgan fingerprint density at radius 1 is 1.22 bits per heavy atom. The minimum atomic E-state index is -0.683. The van der Waals surface area contributed by atoms with Crippen molar-refractivity contribution in [1.82, 2.24) is 9.88 Å². The Morgan fingerprint density at radius 3 is 2.88 bits per heavy atom. The van der Waals surface area contributed by atoms with Gasteiger partial charge in [-0.1, -0.05) is 48.0 Å². The van der Waals surface area contributed by atoms with E-state index in [0.717, 1.165) is 23.2 Å². The fraction of sp³-hybridized carbons (Fsp3) is 0.308. The fourth-order valence-corrected chi connectivity index (χ4v) is 5.52. The van der Waals surface area contributed by atoms with E-state index in [9.17, 15) is 9.59 Å². The van der Waals surface area contributed by atoms with Crippen LogP contribution in [0, 0.1) is 18.8 Å². The number of ether oxygens (including phenoxy) is 1. The molecule has 0 saturated carbocycles. The number of aryl methyl sites for hydroxylation is 1. The molecular weight excluding hydrogens is 402 g/mol. The van der Waals surface area contributed by atoms with Crippen molar-refractivity contribution in [3.8, 4) is 0 Å². The van der Waals surface area contributed by atoms with Gasteiger partial charge in [0.15, 0.2) is 0 Å². The van der Waals surface area contributed by atoms with Crippen molar-refractivity contribution in [1.29, 1.82) is 0 Å². The van der Waals surface area contributed by atoms with Crippen molar-refractivity contribution in [2.45, 2.75) is 25.0 Å². The molecule has 0 unspecified atom stereocenters. The predicted molar refractivity (Wildman–Crippen MR) is 122 cm³/mol. The van der Waals surface area contributed by atoms with E-state index in [1.807, 2.05) is 66.6 Å². The minimum absolute atomic E-state index is 0.0146. The van der Waals surface area contributed by atoms with Gasteiger partial charge < -0.3 is 19.9 Å². The number of carbonyl (C=O) groups excluding carboxylic acids is 2. The SMILES string of the molecule is Cc1ccc(NC(=O)[C@H]2[C@H]3C=C[C@]4(CN(CCc5c[nH]c6ccccc56)C(=O)[C@@H]24)O3)cc1. The molecule has 2 bridgehead atoms. The van der Waals surface area contributed by atoms with Crippen molar-refractivity contribution < 1.29 is 14.3 Å². The number of carbonyl (C=O) groups is 2. The summed E-state index contributed by atoms with van der Waals surface area (Å²) in [6, 6.07) is 15.9. The number of likely N-dealkylation sites (tertiary alicyclic amines) is 1. The Balaban J connectivity index is 1.20. The molecule has 2 saturated heterocycles. The number of fused-ring (bicyclic) bond motifs is 2. The highest BCUT2D eigenvalue weighted by molar-refractivity contribution is 5.99. The molecule has 1 spiro atoms. The minimum Gasteiger partial charge on any atom is -0.361 e. The Labute approximate surface area is 186 Å². The molecule has 3 aliphatic rings. The summed E-state index contributed by atoms with van der Waals surface area (Å²) in [6.45, 7) is 3.11. The van der Waals surface area contributed by atoms with Crippen LogP contribution in [0.5, 0.6) is 0 Å². The second-order valence-corrected chi connectivity index (χ2v) is 9.12. The smallest absolute Gasteiger partial charge is 0.231 e. The first-order valence-electron chi connectivity index (χ1n) is 11.1. The maximum Gasteiger partial charge on any atom is 0.231 e. The molecule has 3 aliphatic heterocycles. The monoisotopic (exact) mass is 427 g/mol. The van der Waals surface area contributed by atoms with Crippen molar-refractivity contribution in [2.75, 3.05) is 18.4 Å². The maximum atomic E-state index is 13.4. The third-order valence-corrected chi connectivity index (χ3v) is 7.13. The number of benzene rings is 2. The molecule has 6 nitrogen and oxygen atoms in total. The van der Waals surface area contributed by atoms with Crippen LogP contribution in [0.15, 0.2) is 66.9 Å². The van der Waals surface area contributed by atoms with Crippen molar-refractivity contribution in [3.63, 3.8) is 0 Å². The van der Waals surface area contributed by atoms with Crippen LogP contribution in [0.4, 0.5) is 5.69 Å². The molecule has 6 rings (SSSR count). The standard InChI is InChI=1S/C26H25N3O3/c1-16-6-8-18(9-7-16)28-24(30)22-21-10-12-26(32-21)15-29(25(31)23(22)26)13-11-17-14-27-20-5-3-2-4-19(17)20/h2-10,12,14,21-23,27H,11,13,15H2,1H3,(H,28,30)/t21-,22+,23-,26-/m1/s1. The number of amides is 2. The number of hydrogen-bond acceptors (Lipinski definition) is 3. The van der Waals surface area contributed by atoms with Crippen molar-refractivity contribution >= 4 is 28.4 Å². The van der Waals surface area contributed by atoms with E-state index < -0.39 is 17.4 Å². The molecule has 162 valence electrons. The average Bonchev–Trinajstić information content (AvgIpc) is 3.54. The molecule has 2 amide bonds. The van der Waals surface area contributed by atoms with E-state index >= 15 is 0 Å². The van der Waals surface area contributed by atoms with Gasteiger partial charge in [0.25, 0.3) is 0 Å². The molecule has 32 heavy (non-hydrogen) atoms. The summed E-state index contributed by atoms with van der Waals surface area (Å²) < 4.78 is 6.24. The number of aromatic nitrogens is 1. The van der Waals surface area contributed by atoms with Gasteiger partial charge in [0.1, 0.15) is 5.60 Å². The zero-order valence-corrected chi connectivity index (χ0v) is 17.9. The van der Waals surface area contributed by atoms with E-state index in [2.05, 4.69) is 22.4 Å². The number of para-hydroxylation sites is 1. The number of rotatable bonds is 5. The summed E-state index contributed by atoms with van der Waals surface area (Å²) in [6.07, 6.45) is 6.38. The molecule has 2 aromatic carbocycles. The quantitative estimate of drug-likeness (QED) is 0.613. The van der Waals surface area contributed by atoms with Crippen LogP contribution in [0.1, 0.15) is 11.1 Å². The molecule has 0 aliphatic carbocycles. The van der Waals surface area contributed by atoms with Gasteiger partial charge in [-0.15, -0.1) is 0 Å². The lowest BCUT2D eigenvalue weighted by molar-refractivity contribution is -0.135. The van der Waals surface area contributed by atoms with Crippen molar-refractivity contribution in [3.05, 3.63) is 78.0 Å². The van der Waals surface area contributed by atoms with Gasteiger partial charge in [-0.3, -0.25) is 9.59 Å². The lowest BCUT2D eigenvalue weighted by atomic mass is 9.77. The second-order valence-electron chi connectivity index (χ2n) is 9.12. The molecule has 4 atom stereocenters. The van der Waals surface area contributed by atoms with Crippen LogP contribution in [-0.4, -0.2) is 46.5 Å². The molecular formula is C26H25N3O3. The number of hydrogen-bond donors (Lipinski definition) is 2. The van der Waals surface area contributed by atoms with Crippen LogP contribution >= 0.6 is 0 Å². The van der Waals surface area contributed by atoms with Crippen LogP contribution in [0.2, 0.25) is 0 Å². The van der Waals surface area contributed by atoms with E-state index in [1.165, 1.54) is 10.9 Å². The molecule has 6 heteroatoms. The molecule has 4 heterocycles. The Kier molecular flexibility index (Phi) is 4.27. The van der Waals surface area contributed by atoms with E-state index in [1.54, 1.807) is 0 Å². The molecule has 2 fully saturated rings. The topological polar surface area (TPSA) is 74.4 Å². The normalized spacial score (nSPS) is 28.0. The molecule has 3 aromatic rings. The summed E-state index contributed by atoms with van der Waals surface area (Å²) in [5.74, 6) is -1.11. The van der Waals surface area contributed by atoms with Crippen LogP contribution in [-0.2, 0) is 20.7 Å². The maximum absolute atomic E-state index is 13.4. The Bertz CT molecular complexity index is 1240. The highest BCUT2D eigenvalue weighted by atomic mass is 16.5. The van der Waals surface area contributed by atoms with Crippen LogP contribution in [0.3, 0.4) is 0 Å². The van der Waals surface area contributed by atoms with Crippen LogP contribution in [0.25, 0.3) is 10.9 Å². The number of H-pyrrole nitrogens is 1. The van der Waals surface area contributed by atoms with Gasteiger partial charge in [-0.05, 0) is 37.1 Å². The second kappa shape index (κ2) is 7.07. The van der Waals surface area contributed by atoms with Crippen molar-refractivity contribution in [2.24, 2.45) is 11.8 Å². The zero-order chi connectivity index (χ0) is 21.9. The fourth-order valence-electron chi connectivity index (χ4n) is 5.52. The average molecular weight is 428 g/mol. The third-order valence-electron chi connectivity index (χ3n) is 7.13. The van der Waals surface area contributed by atoms with E-state index in [-0.39, 0.29) is 17.9 Å². The van der Waals surface area contributed by atoms with Gasteiger partial charge in [-0.2, -0.15) is 0 Å². The lowest BCUT2D eigenvalue weighted by Gasteiger charge is -2.23. The van der Waals surface area contributed by atoms with Gasteiger partial charge in [0, 0.05) is 29.3 Å². The largest absolute Gasteiger partial charge is 0.361 e. The number of anilines is 1. The van der Waals surface area contributed by atoms with Gasteiger partial charge in [-0.25, -0.2) is 0 Å². The summed E-state index contributed by atoms with van der Waals surface area (Å²) in [7, 11) is 0. The highest BCUT2D eigenvalue weighted by Crippen LogP contribution is 2.52. The number of aromatic amines is 1. The van der Waals surface area contributed by atoms with Gasteiger partial charge in [0.05, 0.1) is 24.5 Å². The Morgan fingerprint density at radius 2 is 2.03 bits per heavy atom. The predicted octanol–water partition coefficient (Wildman–Crippen LogP) is 3.44. The molecule has 0 radical (unpaired) electrons. The third kappa shape index (κ3) is 2.90. The first-order chi connectivity index (χ1) is 15.5. The Hall–Kier alpha value is -3.38. The molecule has 1 aromatic heterocycles. The summed E-state index contributed by atoms with van der Waals surface area (Å²) >= 11 is 0. The van der Waals surface area contributed by atoms with Gasteiger partial charge in [0.2, 0.25) is 11.8 Å². The molecule has 2 N–H and O–H groups in total. The van der Waals surface area contributed by atoms with Crippen LogP contribution < -0.4 is 5.32 Å². The first-order valence-corrected chi connectivity index (χ1v) is 11.1. The highest BCUT2D eigenvalue weighted by Gasteiger charge is 2.66. The van der Waals surface area contributed by atoms with Gasteiger partial charge >= 0.3 is 0 Å². The van der Waals surface area contributed by atoms with E-state index in [4.69, 9.17) is 4.74 Å². The summed E-state index contributed by atoms with van der Waals surface area (Å²) in [5, 5.41) is 4.17. The summed E-state index contributed by atoms with van der Waals surface area (Å²) in [4.78, 5) is 31.8. The number of nitrogens with one attached hydrogen (secondary N) is 2. The summed E-state index contributed by atoms with van der Waals surface area (Å²) in [5.41, 5.74) is 3.48. The first kappa shape index (κ1) is 19.3. The van der Waals surface area contributed by atoms with E-state index in [0.29, 0.717) is 13.1 Å². The number of nitrogens with zero attached hydrogens (tertiary/aromatic N) is 1. The lowest BCUT2D eigenvalue weighted by Crippen LogP contribution is -2.41. The zero-order valence-electron chi connectivity index (χ0n) is 17.9.